The first-order valence-corrected chi connectivity index (χ1v) is 7.35. The van der Waals surface area contributed by atoms with Crippen LogP contribution in [0.2, 0.25) is 0 Å². The van der Waals surface area contributed by atoms with E-state index in [1.165, 1.54) is 0 Å². The van der Waals surface area contributed by atoms with Gasteiger partial charge in [0.25, 0.3) is 0 Å². The van der Waals surface area contributed by atoms with Crippen LogP contribution in [0.1, 0.15) is 37.5 Å². The molecule has 7 nitrogen and oxygen atoms in total. The number of hydrogen-bond acceptors (Lipinski definition) is 7. The predicted octanol–water partition coefficient (Wildman–Crippen LogP) is 2.21. The van der Waals surface area contributed by atoms with Gasteiger partial charge in [-0.1, -0.05) is 19.0 Å². The Morgan fingerprint density at radius 2 is 1.81 bits per heavy atom. The van der Waals surface area contributed by atoms with Gasteiger partial charge in [-0.15, -0.1) is 0 Å². The number of rotatable bonds is 8. The van der Waals surface area contributed by atoms with E-state index in [0.29, 0.717) is 24.7 Å². The molecule has 0 unspecified atom stereocenters. The fraction of sp³-hybridized carbons (Fsp3) is 0.571. The lowest BCUT2D eigenvalue weighted by molar-refractivity contribution is 0.387. The number of nitrogens with one attached hydrogen (secondary N) is 2. The van der Waals surface area contributed by atoms with Gasteiger partial charge in [0, 0.05) is 32.0 Å². The zero-order valence-corrected chi connectivity index (χ0v) is 12.8. The third kappa shape index (κ3) is 4.14. The Labute approximate surface area is 124 Å². The van der Waals surface area contributed by atoms with Crippen molar-refractivity contribution in [1.82, 2.24) is 20.1 Å². The molecule has 0 bridgehead atoms. The van der Waals surface area contributed by atoms with Gasteiger partial charge < -0.3 is 15.2 Å². The molecule has 2 aromatic heterocycles. The van der Waals surface area contributed by atoms with E-state index in [0.717, 1.165) is 36.6 Å². The van der Waals surface area contributed by atoms with E-state index < -0.39 is 0 Å². The van der Waals surface area contributed by atoms with E-state index in [1.54, 1.807) is 13.3 Å². The molecule has 7 heteroatoms. The third-order valence-corrected chi connectivity index (χ3v) is 3.05. The van der Waals surface area contributed by atoms with E-state index in [9.17, 15) is 0 Å². The highest BCUT2D eigenvalue weighted by Crippen LogP contribution is 2.20. The first-order valence-electron chi connectivity index (χ1n) is 7.35. The van der Waals surface area contributed by atoms with Crippen LogP contribution in [0.5, 0.6) is 0 Å². The van der Waals surface area contributed by atoms with E-state index in [-0.39, 0.29) is 0 Å². The highest BCUT2D eigenvalue weighted by Gasteiger charge is 2.09. The average Bonchev–Trinajstić information content (AvgIpc) is 2.90. The first kappa shape index (κ1) is 15.2. The fourth-order valence-corrected chi connectivity index (χ4v) is 2.03. The molecule has 2 aromatic rings. The van der Waals surface area contributed by atoms with Crippen LogP contribution in [-0.2, 0) is 12.8 Å². The van der Waals surface area contributed by atoms with Crippen LogP contribution in [0.25, 0.3) is 0 Å². The highest BCUT2D eigenvalue weighted by molar-refractivity contribution is 5.57. The number of anilines is 2. The third-order valence-electron chi connectivity index (χ3n) is 3.05. The highest BCUT2D eigenvalue weighted by atomic mass is 16.5. The van der Waals surface area contributed by atoms with Crippen LogP contribution >= 0.6 is 0 Å². The van der Waals surface area contributed by atoms with Gasteiger partial charge in [0.2, 0.25) is 5.89 Å². The molecule has 0 amide bonds. The summed E-state index contributed by atoms with van der Waals surface area (Å²) in [5, 5.41) is 10.5. The second-order valence-electron chi connectivity index (χ2n) is 4.74. The predicted molar refractivity (Wildman–Crippen MR) is 81.4 cm³/mol. The lowest BCUT2D eigenvalue weighted by Crippen LogP contribution is -2.12. The monoisotopic (exact) mass is 290 g/mol. The fourth-order valence-electron chi connectivity index (χ4n) is 2.03. The molecule has 21 heavy (non-hydrogen) atoms. The standard InChI is InChI=1S/C14H22N6O/c1-4-7-15-13-11(5-2)14(18-9-17-13)16-8-6-12-19-10(3)21-20-12/h9H,4-8H2,1-3H3,(H2,15,16,17,18). The van der Waals surface area contributed by atoms with E-state index >= 15 is 0 Å². The normalized spacial score (nSPS) is 10.6. The van der Waals surface area contributed by atoms with Crippen LogP contribution in [0, 0.1) is 6.92 Å². The lowest BCUT2D eigenvalue weighted by atomic mass is 10.2. The molecule has 2 N–H and O–H groups in total. The number of aromatic nitrogens is 4. The maximum absolute atomic E-state index is 4.95. The summed E-state index contributed by atoms with van der Waals surface area (Å²) >= 11 is 0. The van der Waals surface area contributed by atoms with E-state index in [4.69, 9.17) is 4.52 Å². The quantitative estimate of drug-likeness (QED) is 0.770. The van der Waals surface area contributed by atoms with Gasteiger partial charge in [-0.05, 0) is 12.8 Å². The van der Waals surface area contributed by atoms with Gasteiger partial charge in [0.1, 0.15) is 18.0 Å². The molecule has 0 fully saturated rings. The Kier molecular flexibility index (Phi) is 5.48. The Morgan fingerprint density at radius 3 is 2.38 bits per heavy atom. The Bertz CT molecular complexity index is 568. The van der Waals surface area contributed by atoms with Crippen molar-refractivity contribution in [2.45, 2.75) is 40.0 Å². The summed E-state index contributed by atoms with van der Waals surface area (Å²) < 4.78 is 4.95. The second-order valence-corrected chi connectivity index (χ2v) is 4.74. The molecule has 114 valence electrons. The van der Waals surface area contributed by atoms with Gasteiger partial charge in [0.05, 0.1) is 0 Å². The van der Waals surface area contributed by atoms with Crippen LogP contribution < -0.4 is 10.6 Å². The van der Waals surface area contributed by atoms with Crippen molar-refractivity contribution < 1.29 is 4.52 Å². The molecular weight excluding hydrogens is 268 g/mol. The molecule has 0 atom stereocenters. The molecule has 0 spiro atoms. The smallest absolute Gasteiger partial charge is 0.223 e. The van der Waals surface area contributed by atoms with Crippen molar-refractivity contribution in [3.8, 4) is 0 Å². The summed E-state index contributed by atoms with van der Waals surface area (Å²) in [5.41, 5.74) is 1.11. The average molecular weight is 290 g/mol. The summed E-state index contributed by atoms with van der Waals surface area (Å²) in [6.07, 6.45) is 4.21. The van der Waals surface area contributed by atoms with Crippen LogP contribution in [0.3, 0.4) is 0 Å². The van der Waals surface area contributed by atoms with Crippen molar-refractivity contribution >= 4 is 11.6 Å². The molecule has 0 aliphatic rings. The number of nitrogens with zero attached hydrogens (tertiary/aromatic N) is 4. The van der Waals surface area contributed by atoms with E-state index in [1.807, 2.05) is 0 Å². The zero-order valence-electron chi connectivity index (χ0n) is 12.8. The molecule has 2 heterocycles. The lowest BCUT2D eigenvalue weighted by Gasteiger charge is -2.13. The van der Waals surface area contributed by atoms with Gasteiger partial charge in [-0.3, -0.25) is 0 Å². The topological polar surface area (TPSA) is 88.8 Å². The summed E-state index contributed by atoms with van der Waals surface area (Å²) in [6.45, 7) is 7.63. The van der Waals surface area contributed by atoms with Crippen molar-refractivity contribution in [3.05, 3.63) is 23.6 Å². The van der Waals surface area contributed by atoms with Crippen molar-refractivity contribution in [3.63, 3.8) is 0 Å². The van der Waals surface area contributed by atoms with Gasteiger partial charge in [-0.25, -0.2) is 9.97 Å². The first-order chi connectivity index (χ1) is 10.2. The van der Waals surface area contributed by atoms with Gasteiger partial charge >= 0.3 is 0 Å². The molecule has 0 aliphatic carbocycles. The molecule has 0 aromatic carbocycles. The van der Waals surface area contributed by atoms with Crippen molar-refractivity contribution in [2.24, 2.45) is 0 Å². The van der Waals surface area contributed by atoms with E-state index in [2.05, 4.69) is 44.6 Å². The summed E-state index contributed by atoms with van der Waals surface area (Å²) in [4.78, 5) is 12.8. The molecule has 0 radical (unpaired) electrons. The SMILES string of the molecule is CCCNc1ncnc(NCCc2noc(C)n2)c1CC. The number of aryl methyl sites for hydroxylation is 1. The van der Waals surface area contributed by atoms with Gasteiger partial charge in [-0.2, -0.15) is 4.98 Å². The summed E-state index contributed by atoms with van der Waals surface area (Å²) in [6, 6.07) is 0. The van der Waals surface area contributed by atoms with Crippen LogP contribution in [-0.4, -0.2) is 33.2 Å². The summed E-state index contributed by atoms with van der Waals surface area (Å²) in [7, 11) is 0. The summed E-state index contributed by atoms with van der Waals surface area (Å²) in [5.74, 6) is 3.07. The minimum atomic E-state index is 0.590. The number of hydrogen-bond donors (Lipinski definition) is 2. The molecule has 0 aliphatic heterocycles. The minimum absolute atomic E-state index is 0.590. The Balaban J connectivity index is 1.98. The maximum Gasteiger partial charge on any atom is 0.223 e. The zero-order chi connectivity index (χ0) is 15.1. The van der Waals surface area contributed by atoms with Crippen molar-refractivity contribution in [1.29, 1.82) is 0 Å². The molecule has 2 rings (SSSR count). The Hall–Kier alpha value is -2.18. The van der Waals surface area contributed by atoms with Gasteiger partial charge in [0.15, 0.2) is 5.82 Å². The maximum atomic E-state index is 4.95. The second kappa shape index (κ2) is 7.56. The minimum Gasteiger partial charge on any atom is -0.370 e. The van der Waals surface area contributed by atoms with Crippen LogP contribution in [0.15, 0.2) is 10.9 Å². The molecular formula is C14H22N6O. The Morgan fingerprint density at radius 1 is 1.10 bits per heavy atom. The largest absolute Gasteiger partial charge is 0.370 e. The van der Waals surface area contributed by atoms with Crippen LogP contribution in [0.4, 0.5) is 11.6 Å². The van der Waals surface area contributed by atoms with Crippen molar-refractivity contribution in [2.75, 3.05) is 23.7 Å². The molecule has 0 saturated carbocycles. The molecule has 0 saturated heterocycles.